The van der Waals surface area contributed by atoms with Gasteiger partial charge >= 0.3 is 0 Å². The highest BCUT2D eigenvalue weighted by Gasteiger charge is 2.39. The van der Waals surface area contributed by atoms with Crippen LogP contribution in [0.4, 0.5) is 5.69 Å². The summed E-state index contributed by atoms with van der Waals surface area (Å²) in [6.45, 7) is 0.698. The van der Waals surface area contributed by atoms with E-state index in [9.17, 15) is 9.59 Å². The van der Waals surface area contributed by atoms with Crippen LogP contribution in [0.25, 0.3) is 0 Å². The molecule has 2 aliphatic rings. The Hall–Kier alpha value is -3.15. The minimum absolute atomic E-state index is 0.0548. The smallest absolute Gasteiger partial charge is 0.270 e. The third kappa shape index (κ3) is 3.30. The molecule has 2 aromatic rings. The summed E-state index contributed by atoms with van der Waals surface area (Å²) >= 11 is 0. The van der Waals surface area contributed by atoms with E-state index in [4.69, 9.17) is 5.73 Å². The molecular formula is C21H22N4O2. The number of para-hydroxylation sites is 1. The Kier molecular flexibility index (Phi) is 4.62. The summed E-state index contributed by atoms with van der Waals surface area (Å²) in [6, 6.07) is 18.8. The summed E-state index contributed by atoms with van der Waals surface area (Å²) in [7, 11) is 0. The first kappa shape index (κ1) is 17.3. The molecule has 0 radical (unpaired) electrons. The van der Waals surface area contributed by atoms with E-state index in [1.54, 1.807) is 5.01 Å². The summed E-state index contributed by atoms with van der Waals surface area (Å²) in [6.07, 6.45) is 2.13. The highest BCUT2D eigenvalue weighted by molar-refractivity contribution is 6.40. The van der Waals surface area contributed by atoms with Crippen molar-refractivity contribution in [3.05, 3.63) is 66.2 Å². The van der Waals surface area contributed by atoms with Gasteiger partial charge in [0.15, 0.2) is 0 Å². The van der Waals surface area contributed by atoms with E-state index in [0.717, 1.165) is 24.1 Å². The number of carbonyl (C=O) groups is 2. The molecule has 0 bridgehead atoms. The van der Waals surface area contributed by atoms with E-state index in [2.05, 4.69) is 17.2 Å². The molecule has 2 aliphatic heterocycles. The molecule has 6 nitrogen and oxygen atoms in total. The van der Waals surface area contributed by atoms with E-state index in [-0.39, 0.29) is 18.4 Å². The van der Waals surface area contributed by atoms with Gasteiger partial charge < -0.3 is 10.6 Å². The van der Waals surface area contributed by atoms with Gasteiger partial charge in [-0.2, -0.15) is 5.10 Å². The van der Waals surface area contributed by atoms with Crippen LogP contribution >= 0.6 is 0 Å². The third-order valence-corrected chi connectivity index (χ3v) is 5.20. The zero-order valence-corrected chi connectivity index (χ0v) is 15.0. The molecule has 1 saturated heterocycles. The molecule has 138 valence electrons. The maximum atomic E-state index is 13.2. The van der Waals surface area contributed by atoms with Crippen LogP contribution in [0.2, 0.25) is 0 Å². The molecular weight excluding hydrogens is 340 g/mol. The molecule has 1 fully saturated rings. The highest BCUT2D eigenvalue weighted by Crippen LogP contribution is 2.33. The second kappa shape index (κ2) is 7.23. The van der Waals surface area contributed by atoms with Crippen molar-refractivity contribution in [1.82, 2.24) is 4.90 Å². The lowest BCUT2D eigenvalue weighted by molar-refractivity contribution is -0.125. The van der Waals surface area contributed by atoms with Crippen LogP contribution < -0.4 is 10.7 Å². The van der Waals surface area contributed by atoms with Crippen molar-refractivity contribution in [2.24, 2.45) is 10.8 Å². The van der Waals surface area contributed by atoms with Crippen LogP contribution in [0.3, 0.4) is 0 Å². The van der Waals surface area contributed by atoms with E-state index in [1.807, 2.05) is 53.4 Å². The normalized spacial score (nSPS) is 22.0. The Morgan fingerprint density at radius 2 is 1.67 bits per heavy atom. The number of benzene rings is 2. The molecule has 4 rings (SSSR count). The van der Waals surface area contributed by atoms with Crippen molar-refractivity contribution in [3.63, 3.8) is 0 Å². The number of hydrogen-bond acceptors (Lipinski definition) is 4. The van der Waals surface area contributed by atoms with E-state index in [0.29, 0.717) is 12.3 Å². The molecule has 2 N–H and O–H groups in total. The maximum Gasteiger partial charge on any atom is 0.270 e. The average Bonchev–Trinajstić information content (AvgIpc) is 3.36. The van der Waals surface area contributed by atoms with Gasteiger partial charge in [0.1, 0.15) is 11.8 Å². The standard InChI is InChI=1S/C21H22N4O2/c22-20(26)19-14-17(23-25(19)16-10-5-2-6-11-16)21(27)24-13-7-12-18(24)15-8-3-1-4-9-15/h1-6,8-11,18-19H,7,12-14H2,(H2,22,26)/t18-,19-/m1/s1. The number of carbonyl (C=O) groups excluding carboxylic acids is 2. The van der Waals surface area contributed by atoms with Crippen LogP contribution in [-0.4, -0.2) is 35.0 Å². The molecule has 2 amide bonds. The number of primary amides is 1. The monoisotopic (exact) mass is 362 g/mol. The predicted molar refractivity (Wildman–Crippen MR) is 104 cm³/mol. The summed E-state index contributed by atoms with van der Waals surface area (Å²) in [5, 5.41) is 6.06. The van der Waals surface area contributed by atoms with Crippen molar-refractivity contribution >= 4 is 23.2 Å². The summed E-state index contributed by atoms with van der Waals surface area (Å²) < 4.78 is 0. The zero-order chi connectivity index (χ0) is 18.8. The Balaban J connectivity index is 1.60. The quantitative estimate of drug-likeness (QED) is 0.907. The van der Waals surface area contributed by atoms with Crippen molar-refractivity contribution < 1.29 is 9.59 Å². The maximum absolute atomic E-state index is 13.2. The largest absolute Gasteiger partial charge is 0.368 e. The minimum atomic E-state index is -0.635. The van der Waals surface area contributed by atoms with Gasteiger partial charge in [-0.25, -0.2) is 0 Å². The first-order chi connectivity index (χ1) is 13.1. The lowest BCUT2D eigenvalue weighted by Crippen LogP contribution is -2.40. The summed E-state index contributed by atoms with van der Waals surface area (Å²) in [5.41, 5.74) is 7.86. The molecule has 2 heterocycles. The lowest BCUT2D eigenvalue weighted by atomic mass is 10.0. The zero-order valence-electron chi connectivity index (χ0n) is 15.0. The SMILES string of the molecule is NC(=O)[C@H]1CC(C(=O)N2CCC[C@@H]2c2ccccc2)=NN1c1ccccc1. The molecule has 2 aromatic carbocycles. The molecule has 0 unspecified atom stereocenters. The van der Waals surface area contributed by atoms with E-state index >= 15 is 0 Å². The number of nitrogens with zero attached hydrogens (tertiary/aromatic N) is 3. The van der Waals surface area contributed by atoms with Gasteiger partial charge in [0.05, 0.1) is 11.7 Å². The fourth-order valence-electron chi connectivity index (χ4n) is 3.88. The second-order valence-corrected chi connectivity index (χ2v) is 6.92. The van der Waals surface area contributed by atoms with Gasteiger partial charge in [-0.1, -0.05) is 48.5 Å². The Morgan fingerprint density at radius 3 is 2.33 bits per heavy atom. The number of hydrogen-bond donors (Lipinski definition) is 1. The van der Waals surface area contributed by atoms with Crippen LogP contribution in [0.15, 0.2) is 65.8 Å². The van der Waals surface area contributed by atoms with Crippen molar-refractivity contribution in [1.29, 1.82) is 0 Å². The van der Waals surface area contributed by atoms with Crippen molar-refractivity contribution in [3.8, 4) is 0 Å². The van der Waals surface area contributed by atoms with Gasteiger partial charge in [0, 0.05) is 13.0 Å². The van der Waals surface area contributed by atoms with Crippen LogP contribution in [0.5, 0.6) is 0 Å². The van der Waals surface area contributed by atoms with Gasteiger partial charge in [-0.15, -0.1) is 0 Å². The average molecular weight is 362 g/mol. The van der Waals surface area contributed by atoms with E-state index in [1.165, 1.54) is 0 Å². The summed E-state index contributed by atoms with van der Waals surface area (Å²) in [4.78, 5) is 27.0. The van der Waals surface area contributed by atoms with Gasteiger partial charge in [0.2, 0.25) is 5.91 Å². The lowest BCUT2D eigenvalue weighted by Gasteiger charge is -2.24. The topological polar surface area (TPSA) is 79.0 Å². The van der Waals surface area contributed by atoms with Crippen LogP contribution in [-0.2, 0) is 9.59 Å². The Morgan fingerprint density at radius 1 is 1.00 bits per heavy atom. The molecule has 0 aromatic heterocycles. The van der Waals surface area contributed by atoms with Crippen molar-refractivity contribution in [2.45, 2.75) is 31.3 Å². The fourth-order valence-corrected chi connectivity index (χ4v) is 3.88. The van der Waals surface area contributed by atoms with Crippen LogP contribution in [0, 0.1) is 0 Å². The fraction of sp³-hybridized carbons (Fsp3) is 0.286. The van der Waals surface area contributed by atoms with Gasteiger partial charge in [-0.05, 0) is 30.5 Å². The van der Waals surface area contributed by atoms with Gasteiger partial charge in [0.25, 0.3) is 5.91 Å². The number of nitrogens with two attached hydrogens (primary N) is 1. The molecule has 6 heteroatoms. The van der Waals surface area contributed by atoms with Gasteiger partial charge in [-0.3, -0.25) is 14.6 Å². The molecule has 0 aliphatic carbocycles. The minimum Gasteiger partial charge on any atom is -0.368 e. The van der Waals surface area contributed by atoms with E-state index < -0.39 is 11.9 Å². The Bertz CT molecular complexity index is 866. The number of likely N-dealkylation sites (tertiary alicyclic amines) is 1. The first-order valence-electron chi connectivity index (χ1n) is 9.22. The second-order valence-electron chi connectivity index (χ2n) is 6.92. The third-order valence-electron chi connectivity index (χ3n) is 5.20. The molecule has 0 saturated carbocycles. The molecule has 2 atom stereocenters. The Labute approximate surface area is 158 Å². The molecule has 0 spiro atoms. The number of amides is 2. The number of hydrazone groups is 1. The summed E-state index contributed by atoms with van der Waals surface area (Å²) in [5.74, 6) is -0.586. The number of anilines is 1. The van der Waals surface area contributed by atoms with Crippen molar-refractivity contribution in [2.75, 3.05) is 11.6 Å². The first-order valence-corrected chi connectivity index (χ1v) is 9.22. The van der Waals surface area contributed by atoms with Crippen LogP contribution in [0.1, 0.15) is 30.9 Å². The number of rotatable bonds is 4. The molecule has 27 heavy (non-hydrogen) atoms. The highest BCUT2D eigenvalue weighted by atomic mass is 16.2. The predicted octanol–water partition coefficient (Wildman–Crippen LogP) is 2.47.